The average molecular weight is 292 g/mol. The number of esters is 1. The van der Waals surface area contributed by atoms with E-state index in [1.54, 1.807) is 0 Å². The Kier molecular flexibility index (Phi) is 6.05. The normalized spacial score (nSPS) is 21.8. The highest BCUT2D eigenvalue weighted by molar-refractivity contribution is 5.74. The van der Waals surface area contributed by atoms with Gasteiger partial charge in [-0.3, -0.25) is 0 Å². The fourth-order valence-corrected chi connectivity index (χ4v) is 3.01. The molecule has 2 atom stereocenters. The minimum atomic E-state index is -0.0545. The summed E-state index contributed by atoms with van der Waals surface area (Å²) in [6, 6.07) is 8.08. The highest BCUT2D eigenvalue weighted by Gasteiger charge is 2.34. The van der Waals surface area contributed by atoms with Crippen LogP contribution in [0.15, 0.2) is 24.3 Å². The second-order valence-electron chi connectivity index (χ2n) is 5.43. The molecule has 1 aliphatic rings. The van der Waals surface area contributed by atoms with Crippen molar-refractivity contribution in [3.63, 3.8) is 0 Å². The monoisotopic (exact) mass is 292 g/mol. The van der Waals surface area contributed by atoms with Crippen LogP contribution in [0.4, 0.5) is 0 Å². The van der Waals surface area contributed by atoms with E-state index < -0.39 is 0 Å². The quantitative estimate of drug-likeness (QED) is 0.809. The lowest BCUT2D eigenvalue weighted by Crippen LogP contribution is -3.16. The average Bonchev–Trinajstić information content (AvgIpc) is 2.50. The van der Waals surface area contributed by atoms with Crippen molar-refractivity contribution in [2.24, 2.45) is 0 Å². The largest absolute Gasteiger partial charge is 0.493 e. The van der Waals surface area contributed by atoms with Crippen molar-refractivity contribution in [1.29, 1.82) is 0 Å². The minimum absolute atomic E-state index is 0.0339. The standard InChI is InChI=1S/C17H25NO3/c1-3-20-16-11-6-5-9-14(16)13-18-12-8-7-10-15(18)17(19)21-4-2/h5-6,9,11,15H,3-4,7-8,10,12-13H2,1-2H3/p+1/t15-/m1/s1. The van der Waals surface area contributed by atoms with Gasteiger partial charge in [0, 0.05) is 12.0 Å². The summed E-state index contributed by atoms with van der Waals surface area (Å²) in [6.07, 6.45) is 3.20. The van der Waals surface area contributed by atoms with E-state index in [0.717, 1.165) is 31.7 Å². The van der Waals surface area contributed by atoms with E-state index in [9.17, 15) is 4.79 Å². The maximum atomic E-state index is 12.1. The van der Waals surface area contributed by atoms with E-state index in [4.69, 9.17) is 9.47 Å². The first-order valence-corrected chi connectivity index (χ1v) is 7.98. The van der Waals surface area contributed by atoms with Gasteiger partial charge in [-0.1, -0.05) is 12.1 Å². The molecule has 1 N–H and O–H groups in total. The summed E-state index contributed by atoms with van der Waals surface area (Å²) in [5, 5.41) is 0. The first-order valence-electron chi connectivity index (χ1n) is 7.98. The Morgan fingerprint density at radius 1 is 1.24 bits per heavy atom. The topological polar surface area (TPSA) is 40.0 Å². The van der Waals surface area contributed by atoms with Crippen molar-refractivity contribution in [3.8, 4) is 5.75 Å². The molecule has 1 aromatic carbocycles. The number of carbonyl (C=O) groups is 1. The van der Waals surface area contributed by atoms with Crippen LogP contribution < -0.4 is 9.64 Å². The van der Waals surface area contributed by atoms with Crippen LogP contribution in [0.1, 0.15) is 38.7 Å². The Hall–Kier alpha value is -1.55. The Balaban J connectivity index is 2.10. The van der Waals surface area contributed by atoms with Crippen LogP contribution in [0.3, 0.4) is 0 Å². The van der Waals surface area contributed by atoms with E-state index in [1.165, 1.54) is 16.9 Å². The van der Waals surface area contributed by atoms with Crippen molar-refractivity contribution in [2.75, 3.05) is 19.8 Å². The maximum Gasteiger partial charge on any atom is 0.364 e. The summed E-state index contributed by atoms with van der Waals surface area (Å²) >= 11 is 0. The third kappa shape index (κ3) is 4.21. The van der Waals surface area contributed by atoms with Gasteiger partial charge < -0.3 is 14.4 Å². The molecule has 1 unspecified atom stereocenters. The predicted octanol–water partition coefficient (Wildman–Crippen LogP) is 1.59. The summed E-state index contributed by atoms with van der Waals surface area (Å²) in [5.74, 6) is 0.877. The summed E-state index contributed by atoms with van der Waals surface area (Å²) in [7, 11) is 0. The third-order valence-electron chi connectivity index (χ3n) is 3.99. The number of ether oxygens (including phenoxy) is 2. The number of rotatable bonds is 6. The van der Waals surface area contributed by atoms with E-state index in [2.05, 4.69) is 6.07 Å². The molecule has 0 bridgehead atoms. The minimum Gasteiger partial charge on any atom is -0.493 e. The summed E-state index contributed by atoms with van der Waals surface area (Å²) in [6.45, 7) is 6.81. The van der Waals surface area contributed by atoms with Gasteiger partial charge in [0.15, 0.2) is 6.04 Å². The molecular weight excluding hydrogens is 266 g/mol. The lowest BCUT2D eigenvalue weighted by molar-refractivity contribution is -0.935. The third-order valence-corrected chi connectivity index (χ3v) is 3.99. The molecule has 1 saturated heterocycles. The van der Waals surface area contributed by atoms with Crippen molar-refractivity contribution >= 4 is 5.97 Å². The van der Waals surface area contributed by atoms with Crippen molar-refractivity contribution in [3.05, 3.63) is 29.8 Å². The molecule has 0 radical (unpaired) electrons. The molecule has 4 heteroatoms. The molecule has 1 aromatic rings. The van der Waals surface area contributed by atoms with Gasteiger partial charge in [-0.05, 0) is 38.8 Å². The zero-order chi connectivity index (χ0) is 15.1. The van der Waals surface area contributed by atoms with Gasteiger partial charge in [0.05, 0.1) is 19.8 Å². The van der Waals surface area contributed by atoms with Gasteiger partial charge in [-0.2, -0.15) is 0 Å². The molecule has 0 amide bonds. The van der Waals surface area contributed by atoms with Crippen molar-refractivity contribution in [2.45, 2.75) is 45.7 Å². The number of quaternary nitrogens is 1. The van der Waals surface area contributed by atoms with Crippen LogP contribution in [0, 0.1) is 0 Å². The molecule has 4 nitrogen and oxygen atoms in total. The van der Waals surface area contributed by atoms with Crippen molar-refractivity contribution in [1.82, 2.24) is 0 Å². The predicted molar refractivity (Wildman–Crippen MR) is 81.4 cm³/mol. The van der Waals surface area contributed by atoms with Crippen LogP contribution in [-0.2, 0) is 16.1 Å². The second-order valence-corrected chi connectivity index (χ2v) is 5.43. The van der Waals surface area contributed by atoms with E-state index in [-0.39, 0.29) is 12.0 Å². The molecule has 0 saturated carbocycles. The van der Waals surface area contributed by atoms with Crippen LogP contribution in [0.2, 0.25) is 0 Å². The summed E-state index contributed by atoms with van der Waals surface area (Å²) < 4.78 is 10.9. The Labute approximate surface area is 127 Å². The second kappa shape index (κ2) is 8.03. The maximum absolute atomic E-state index is 12.1. The number of benzene rings is 1. The number of piperidine rings is 1. The number of para-hydroxylation sites is 1. The lowest BCUT2D eigenvalue weighted by atomic mass is 10.0. The zero-order valence-corrected chi connectivity index (χ0v) is 13.1. The molecule has 1 heterocycles. The Bertz CT molecular complexity index is 461. The molecule has 21 heavy (non-hydrogen) atoms. The molecule has 116 valence electrons. The number of hydrogen-bond acceptors (Lipinski definition) is 3. The Morgan fingerprint density at radius 2 is 2.05 bits per heavy atom. The Morgan fingerprint density at radius 3 is 2.81 bits per heavy atom. The highest BCUT2D eigenvalue weighted by Crippen LogP contribution is 2.17. The molecule has 2 rings (SSSR count). The van der Waals surface area contributed by atoms with Gasteiger partial charge in [0.25, 0.3) is 0 Å². The van der Waals surface area contributed by atoms with Gasteiger partial charge in [0.2, 0.25) is 0 Å². The smallest absolute Gasteiger partial charge is 0.364 e. The van der Waals surface area contributed by atoms with Crippen molar-refractivity contribution < 1.29 is 19.2 Å². The molecule has 0 aromatic heterocycles. The number of likely N-dealkylation sites (tertiary alicyclic amines) is 1. The molecular formula is C17H26NO3+. The zero-order valence-electron chi connectivity index (χ0n) is 13.1. The number of nitrogens with one attached hydrogen (secondary N) is 1. The van der Waals surface area contributed by atoms with Crippen LogP contribution >= 0.6 is 0 Å². The molecule has 0 spiro atoms. The highest BCUT2D eigenvalue weighted by atomic mass is 16.5. The molecule has 1 fully saturated rings. The van der Waals surface area contributed by atoms with E-state index >= 15 is 0 Å². The molecule has 1 aliphatic heterocycles. The van der Waals surface area contributed by atoms with Gasteiger partial charge in [-0.25, -0.2) is 4.79 Å². The van der Waals surface area contributed by atoms with Gasteiger partial charge in [0.1, 0.15) is 12.3 Å². The van der Waals surface area contributed by atoms with Crippen LogP contribution in [0.5, 0.6) is 5.75 Å². The number of hydrogen-bond donors (Lipinski definition) is 1. The summed E-state index contributed by atoms with van der Waals surface area (Å²) in [4.78, 5) is 13.4. The van der Waals surface area contributed by atoms with E-state index in [1.807, 2.05) is 32.0 Å². The van der Waals surface area contributed by atoms with E-state index in [0.29, 0.717) is 13.2 Å². The van der Waals surface area contributed by atoms with Crippen LogP contribution in [0.25, 0.3) is 0 Å². The SMILES string of the molecule is CCOC(=O)[C@H]1CCCC[NH+]1Cc1ccccc1OCC. The fraction of sp³-hybridized carbons (Fsp3) is 0.588. The van der Waals surface area contributed by atoms with Gasteiger partial charge >= 0.3 is 5.97 Å². The first-order chi connectivity index (χ1) is 10.3. The lowest BCUT2D eigenvalue weighted by Gasteiger charge is -2.31. The summed E-state index contributed by atoms with van der Waals surface area (Å²) in [5.41, 5.74) is 1.17. The first kappa shape index (κ1) is 15.8. The number of carbonyl (C=O) groups excluding carboxylic acids is 1. The fourth-order valence-electron chi connectivity index (χ4n) is 3.01. The van der Waals surface area contributed by atoms with Crippen LogP contribution in [-0.4, -0.2) is 31.8 Å². The molecule has 0 aliphatic carbocycles. The van der Waals surface area contributed by atoms with Gasteiger partial charge in [-0.15, -0.1) is 0 Å².